The smallest absolute Gasteiger partial charge is 0.497 e. The van der Waals surface area contributed by atoms with E-state index in [1.807, 2.05) is 48.5 Å². The molecule has 0 saturated carbocycles. The van der Waals surface area contributed by atoms with Gasteiger partial charge in [0.25, 0.3) is 0 Å². The topological polar surface area (TPSA) is 226 Å². The molecule has 1 aromatic heterocycles. The largest absolute Gasteiger partial charge is 0.737 e. The van der Waals surface area contributed by atoms with Gasteiger partial charge in [0.1, 0.15) is 17.8 Å². The first-order chi connectivity index (χ1) is 37.8. The Labute approximate surface area is 474 Å². The third-order valence-corrected chi connectivity index (χ3v) is 14.9. The number of sulfone groups is 1. The Morgan fingerprint density at radius 2 is 1.14 bits per heavy atom. The predicted molar refractivity (Wildman–Crippen MR) is 313 cm³/mol. The van der Waals surface area contributed by atoms with Gasteiger partial charge < -0.3 is 54.2 Å². The molecule has 2 aliphatic heterocycles. The summed E-state index contributed by atoms with van der Waals surface area (Å²) >= 11 is 0. The lowest BCUT2D eigenvalue weighted by molar-refractivity contribution is -0.360. The van der Waals surface area contributed by atoms with Crippen molar-refractivity contribution in [3.05, 3.63) is 81.7 Å². The molecular formula is C59H91BF2N8O9S. The number of hydrogen-bond acceptors (Lipinski definition) is 9. The maximum atomic E-state index is 16.4. The second kappa shape index (κ2) is 32.4. The molecule has 1 aromatic carbocycles. The number of allylic oxidation sites excluding steroid dienone is 2. The number of halogens is 2. The van der Waals surface area contributed by atoms with E-state index in [-0.39, 0.29) is 54.2 Å². The average molecular weight is 1140 g/mol. The molecule has 0 fully saturated rings. The van der Waals surface area contributed by atoms with E-state index in [0.29, 0.717) is 131 Å². The quantitative estimate of drug-likeness (QED) is 0.0288. The summed E-state index contributed by atoms with van der Waals surface area (Å²) in [5.74, 6) is -0.449. The fraction of sp³-hybridized carbons (Fsp3) is 0.610. The summed E-state index contributed by atoms with van der Waals surface area (Å²) in [6, 6.07) is 4.76. The van der Waals surface area contributed by atoms with Crippen LogP contribution in [-0.2, 0) is 45.0 Å². The lowest BCUT2D eigenvalue weighted by Crippen LogP contribution is -2.55. The van der Waals surface area contributed by atoms with Crippen LogP contribution in [0.4, 0.5) is 8.63 Å². The Bertz CT molecular complexity index is 2680. The number of carbonyl (C=O) groups excluding carboxylic acids is 6. The molecule has 0 bridgehead atoms. The Hall–Kier alpha value is -6.12. The molecule has 3 atom stereocenters. The van der Waals surface area contributed by atoms with E-state index in [1.165, 1.54) is 6.08 Å². The van der Waals surface area contributed by atoms with Crippen molar-refractivity contribution in [3.63, 3.8) is 0 Å². The SMILES string of the molecule is COc1ccc(C2=[N+]3C(=Cc4c(C)c(CCC(=O)NCCCCCC(=O)NCCCCCC(=O)NCCCCCC(=O)NC(CC(C)C)C(=O)NC(CC(C)C)C(=O)NC(C=CS(C)(=O)=O)CC(C)C)c(C)n4[B-]3(F)F)C=C2)cc1. The number of nitrogens with zero attached hydrogens (tertiary/aromatic N) is 2. The minimum absolute atomic E-state index is 0.0389. The van der Waals surface area contributed by atoms with E-state index in [4.69, 9.17) is 4.74 Å². The van der Waals surface area contributed by atoms with Crippen LogP contribution in [0.3, 0.4) is 0 Å². The van der Waals surface area contributed by atoms with Gasteiger partial charge in [-0.1, -0.05) is 66.9 Å². The van der Waals surface area contributed by atoms with E-state index < -0.39 is 46.7 Å². The molecule has 0 radical (unpaired) electrons. The molecule has 80 heavy (non-hydrogen) atoms. The number of methoxy groups -OCH3 is 1. The molecule has 0 aliphatic carbocycles. The van der Waals surface area contributed by atoms with Gasteiger partial charge in [0, 0.05) is 92.5 Å². The van der Waals surface area contributed by atoms with Crippen molar-refractivity contribution in [2.75, 3.05) is 33.0 Å². The molecule has 6 N–H and O–H groups in total. The van der Waals surface area contributed by atoms with Crippen molar-refractivity contribution >= 4 is 64.0 Å². The van der Waals surface area contributed by atoms with Gasteiger partial charge in [0.05, 0.1) is 7.11 Å². The van der Waals surface area contributed by atoms with Gasteiger partial charge in [-0.2, -0.15) is 0 Å². The zero-order valence-electron chi connectivity index (χ0n) is 49.1. The van der Waals surface area contributed by atoms with Crippen molar-refractivity contribution in [2.24, 2.45) is 17.8 Å². The summed E-state index contributed by atoms with van der Waals surface area (Å²) in [5.41, 5.74) is 3.89. The standard InChI is InChI=1S/C59H91BF2N8O9S/c1-40(2)36-46(31-35-80(10,77)78)66-58(75)51(38-42(5)6)68-59(76)50(37-41(3)4)67-57(74)22-16-13-19-33-64-55(72)20-14-11-17-32-63-54(71)21-15-12-18-34-65-56(73)30-28-49-43(7)53-39-47-25-29-52(45-23-26-48(79-9)27-24-45)70(47)60(61,62)69(53)44(49)8/h23-27,29,31,35,39-42,46,50-51H,11-22,28,30,32-34,36-38H2,1-10H3,(H,63,71)(H,64,72)(H,65,73)(H,66,75)(H,67,74)(H,68,76). The summed E-state index contributed by atoms with van der Waals surface area (Å²) < 4.78 is 63.9. The number of rotatable bonds is 36. The molecule has 17 nitrogen and oxygen atoms in total. The Morgan fingerprint density at radius 1 is 0.650 bits per heavy atom. The van der Waals surface area contributed by atoms with E-state index >= 15 is 8.63 Å². The van der Waals surface area contributed by atoms with Crippen LogP contribution in [0.2, 0.25) is 0 Å². The van der Waals surface area contributed by atoms with Gasteiger partial charge in [-0.05, 0) is 137 Å². The van der Waals surface area contributed by atoms with Crippen LogP contribution >= 0.6 is 0 Å². The van der Waals surface area contributed by atoms with Crippen molar-refractivity contribution in [1.29, 1.82) is 0 Å². The van der Waals surface area contributed by atoms with Crippen LogP contribution in [0.5, 0.6) is 5.75 Å². The highest BCUT2D eigenvalue weighted by Crippen LogP contribution is 2.37. The van der Waals surface area contributed by atoms with Gasteiger partial charge in [-0.15, -0.1) is 0 Å². The first kappa shape index (κ1) is 66.4. The molecule has 2 aliphatic rings. The van der Waals surface area contributed by atoms with E-state index in [0.717, 1.165) is 51.0 Å². The zero-order valence-corrected chi connectivity index (χ0v) is 49.9. The highest BCUT2D eigenvalue weighted by atomic mass is 32.2. The maximum absolute atomic E-state index is 16.4. The number of fused-ring (bicyclic) bond motifs is 2. The monoisotopic (exact) mass is 1140 g/mol. The van der Waals surface area contributed by atoms with Gasteiger partial charge in [-0.3, -0.25) is 28.8 Å². The molecule has 0 saturated heterocycles. The number of hydrogen-bond donors (Lipinski definition) is 6. The number of aromatic nitrogens is 1. The first-order valence-electron chi connectivity index (χ1n) is 28.8. The fourth-order valence-corrected chi connectivity index (χ4v) is 10.6. The number of ether oxygens (including phenoxy) is 1. The van der Waals surface area contributed by atoms with Crippen molar-refractivity contribution in [3.8, 4) is 5.75 Å². The van der Waals surface area contributed by atoms with Gasteiger partial charge in [0.15, 0.2) is 21.2 Å². The lowest BCUT2D eigenvalue weighted by Gasteiger charge is -2.30. The Morgan fingerprint density at radius 3 is 1.64 bits per heavy atom. The molecule has 2 aromatic rings. The molecule has 21 heteroatoms. The van der Waals surface area contributed by atoms with Gasteiger partial charge in [0.2, 0.25) is 35.4 Å². The van der Waals surface area contributed by atoms with Crippen LogP contribution in [0, 0.1) is 31.6 Å². The first-order valence-corrected chi connectivity index (χ1v) is 30.8. The van der Waals surface area contributed by atoms with E-state index in [2.05, 4.69) is 31.9 Å². The number of nitrogens with one attached hydrogen (secondary N) is 6. The van der Waals surface area contributed by atoms with Gasteiger partial charge in [-0.25, -0.2) is 8.42 Å². The third-order valence-electron chi connectivity index (χ3n) is 14.3. The Balaban J connectivity index is 1.03. The summed E-state index contributed by atoms with van der Waals surface area (Å²) in [5, 5.41) is 18.5. The van der Waals surface area contributed by atoms with Crippen LogP contribution in [0.1, 0.15) is 172 Å². The van der Waals surface area contributed by atoms with Crippen LogP contribution in [0.15, 0.2) is 53.6 Å². The zero-order chi connectivity index (χ0) is 59.2. The minimum Gasteiger partial charge on any atom is -0.497 e. The van der Waals surface area contributed by atoms with Crippen molar-refractivity contribution in [2.45, 2.75) is 183 Å². The average Bonchev–Trinajstić information content (AvgIpc) is 4.16. The van der Waals surface area contributed by atoms with E-state index in [9.17, 15) is 37.2 Å². The summed E-state index contributed by atoms with van der Waals surface area (Å²) in [6.07, 6.45) is 16.8. The summed E-state index contributed by atoms with van der Waals surface area (Å²) in [4.78, 5) is 77.7. The molecular weight excluding hydrogens is 1050 g/mol. The molecule has 444 valence electrons. The van der Waals surface area contributed by atoms with Crippen molar-refractivity contribution < 1.29 is 55.0 Å². The van der Waals surface area contributed by atoms with E-state index in [1.54, 1.807) is 56.5 Å². The lowest BCUT2D eigenvalue weighted by atomic mass is 9.90. The number of amides is 6. The highest BCUT2D eigenvalue weighted by molar-refractivity contribution is 7.93. The summed E-state index contributed by atoms with van der Waals surface area (Å²) in [7, 11) is -1.85. The number of carbonyl (C=O) groups is 6. The maximum Gasteiger partial charge on any atom is 0.737 e. The van der Waals surface area contributed by atoms with Gasteiger partial charge >= 0.3 is 6.97 Å². The fourth-order valence-electron chi connectivity index (χ4n) is 10.2. The number of unbranched alkanes of at least 4 members (excludes halogenated alkanes) is 6. The molecule has 4 rings (SSSR count). The third kappa shape index (κ3) is 21.7. The molecule has 6 amide bonds. The second-order valence-electron chi connectivity index (χ2n) is 22.7. The highest BCUT2D eigenvalue weighted by Gasteiger charge is 2.53. The Kier molecular flexibility index (Phi) is 26.9. The van der Waals surface area contributed by atoms with Crippen molar-refractivity contribution in [1.82, 2.24) is 36.4 Å². The van der Waals surface area contributed by atoms with Crippen LogP contribution < -0.4 is 36.6 Å². The molecule has 0 spiro atoms. The molecule has 3 unspecified atom stereocenters. The predicted octanol–water partition coefficient (Wildman–Crippen LogP) is 7.88. The van der Waals surface area contributed by atoms with Crippen LogP contribution in [0.25, 0.3) is 6.08 Å². The molecule has 3 heterocycles. The summed E-state index contributed by atoms with van der Waals surface area (Å²) in [6.45, 7) is 12.5. The number of benzene rings is 1. The minimum atomic E-state index is -4.21. The normalized spacial score (nSPS) is 14.9. The van der Waals surface area contributed by atoms with Crippen LogP contribution in [-0.4, -0.2) is 117 Å². The second-order valence-corrected chi connectivity index (χ2v) is 24.7.